The monoisotopic (exact) mass is 370 g/mol. The minimum absolute atomic E-state index is 0.0516. The molecule has 1 N–H and O–H groups in total. The summed E-state index contributed by atoms with van der Waals surface area (Å²) >= 11 is 0. The van der Waals surface area contributed by atoms with Gasteiger partial charge in [-0.1, -0.05) is 44.1 Å². The van der Waals surface area contributed by atoms with Crippen LogP contribution in [-0.2, 0) is 19.1 Å². The fourth-order valence-electron chi connectivity index (χ4n) is 4.23. The molecule has 1 aliphatic rings. The van der Waals surface area contributed by atoms with Crippen molar-refractivity contribution < 1.29 is 24.2 Å². The van der Waals surface area contributed by atoms with Crippen LogP contribution in [0.25, 0.3) is 0 Å². The third-order valence-electron chi connectivity index (χ3n) is 6.08. The van der Waals surface area contributed by atoms with E-state index in [1.165, 1.54) is 0 Å². The average molecular weight is 371 g/mol. The summed E-state index contributed by atoms with van der Waals surface area (Å²) in [5.74, 6) is -1.42. The van der Waals surface area contributed by atoms with E-state index in [0.717, 1.165) is 23.3 Å². The molecule has 5 nitrogen and oxygen atoms in total. The molecule has 0 aromatic carbocycles. The molecule has 0 spiro atoms. The molecule has 0 saturated heterocycles. The van der Waals surface area contributed by atoms with E-state index in [1.54, 1.807) is 13.8 Å². The molecular weight excluding hydrogens is 336 g/mol. The van der Waals surface area contributed by atoms with Crippen molar-refractivity contribution in [3.63, 3.8) is 0 Å². The molecule has 0 aromatic heterocycles. The van der Waals surface area contributed by atoms with Gasteiger partial charge in [-0.05, 0) is 20.3 Å². The van der Waals surface area contributed by atoms with E-state index < -0.39 is 31.5 Å². The van der Waals surface area contributed by atoms with Gasteiger partial charge < -0.3 is 14.6 Å². The summed E-state index contributed by atoms with van der Waals surface area (Å²) in [6, 6.07) is 3.15. The summed E-state index contributed by atoms with van der Waals surface area (Å²) in [6.07, 6.45) is -0.479. The van der Waals surface area contributed by atoms with E-state index in [1.807, 2.05) is 0 Å². The molecule has 1 rings (SSSR count). The standard InChI is InChI=1S/C19H34O5Si/c1-7-23-17(21)19(18(22)24-8-2)12-15(16(20)13-19)14(6)25(9-3,10-4)11-5/h15-16,20H,6-13H2,1-5H3. The number of carbonyl (C=O) groups excluding carboxylic acids is 2. The number of rotatable bonds is 9. The molecule has 2 unspecified atom stereocenters. The Morgan fingerprint density at radius 2 is 1.44 bits per heavy atom. The van der Waals surface area contributed by atoms with E-state index in [-0.39, 0.29) is 32.0 Å². The largest absolute Gasteiger partial charge is 0.465 e. The topological polar surface area (TPSA) is 72.8 Å². The predicted molar refractivity (Wildman–Crippen MR) is 101 cm³/mol. The van der Waals surface area contributed by atoms with Crippen molar-refractivity contribution >= 4 is 20.0 Å². The average Bonchev–Trinajstić information content (AvgIpc) is 2.96. The second kappa shape index (κ2) is 8.99. The third kappa shape index (κ3) is 4.00. The van der Waals surface area contributed by atoms with E-state index in [0.29, 0.717) is 0 Å². The van der Waals surface area contributed by atoms with Crippen LogP contribution in [-0.4, -0.2) is 44.4 Å². The Labute approximate surface area is 152 Å². The molecule has 0 bridgehead atoms. The van der Waals surface area contributed by atoms with Gasteiger partial charge in [0, 0.05) is 12.3 Å². The second-order valence-electron chi connectivity index (χ2n) is 6.97. The molecule has 0 radical (unpaired) electrons. The zero-order chi connectivity index (χ0) is 19.3. The molecule has 1 aliphatic carbocycles. The van der Waals surface area contributed by atoms with Gasteiger partial charge in [-0.25, -0.2) is 0 Å². The second-order valence-corrected chi connectivity index (χ2v) is 12.3. The van der Waals surface area contributed by atoms with Crippen LogP contribution < -0.4 is 0 Å². The number of hydrogen-bond donors (Lipinski definition) is 1. The zero-order valence-corrected chi connectivity index (χ0v) is 17.4. The highest BCUT2D eigenvalue weighted by Crippen LogP contribution is 2.49. The lowest BCUT2D eigenvalue weighted by Crippen LogP contribution is -2.41. The first-order chi connectivity index (χ1) is 11.8. The quantitative estimate of drug-likeness (QED) is 0.382. The Bertz CT molecular complexity index is 472. The maximum atomic E-state index is 12.6. The first-order valence-corrected chi connectivity index (χ1v) is 12.1. The molecule has 0 aliphatic heterocycles. The van der Waals surface area contributed by atoms with Gasteiger partial charge in [0.1, 0.15) is 0 Å². The van der Waals surface area contributed by atoms with Crippen LogP contribution >= 0.6 is 0 Å². The van der Waals surface area contributed by atoms with Crippen molar-refractivity contribution in [1.82, 2.24) is 0 Å². The maximum Gasteiger partial charge on any atom is 0.323 e. The highest BCUT2D eigenvalue weighted by atomic mass is 28.3. The molecule has 2 atom stereocenters. The third-order valence-corrected chi connectivity index (χ3v) is 11.9. The number of hydrogen-bond acceptors (Lipinski definition) is 5. The maximum absolute atomic E-state index is 12.6. The highest BCUT2D eigenvalue weighted by Gasteiger charge is 2.59. The fourth-order valence-corrected chi connectivity index (χ4v) is 8.17. The predicted octanol–water partition coefficient (Wildman–Crippen LogP) is 3.47. The first-order valence-electron chi connectivity index (χ1n) is 9.50. The Hall–Kier alpha value is -1.14. The summed E-state index contributed by atoms with van der Waals surface area (Å²) in [7, 11) is -1.76. The molecule has 1 saturated carbocycles. The lowest BCUT2D eigenvalue weighted by atomic mass is 9.85. The summed E-state index contributed by atoms with van der Waals surface area (Å²) in [5, 5.41) is 11.8. The van der Waals surface area contributed by atoms with Crippen molar-refractivity contribution in [3.05, 3.63) is 11.8 Å². The van der Waals surface area contributed by atoms with Gasteiger partial charge in [0.05, 0.1) is 27.4 Å². The van der Waals surface area contributed by atoms with Crippen molar-refractivity contribution in [3.8, 4) is 0 Å². The van der Waals surface area contributed by atoms with Crippen molar-refractivity contribution in [1.29, 1.82) is 0 Å². The highest BCUT2D eigenvalue weighted by molar-refractivity contribution is 6.86. The SMILES string of the molecule is C=C(C1CC(C(=O)OCC)(C(=O)OCC)CC1O)[Si](CC)(CC)CC. The number of esters is 2. The summed E-state index contributed by atoms with van der Waals surface area (Å²) in [6.45, 7) is 14.7. The molecular formula is C19H34O5Si. The van der Waals surface area contributed by atoms with Crippen LogP contribution in [0.1, 0.15) is 47.5 Å². The molecule has 0 amide bonds. The number of ether oxygens (including phenoxy) is 2. The van der Waals surface area contributed by atoms with Gasteiger partial charge >= 0.3 is 11.9 Å². The van der Waals surface area contributed by atoms with Crippen LogP contribution in [0.2, 0.25) is 18.1 Å². The Morgan fingerprint density at radius 1 is 1.00 bits per heavy atom. The lowest BCUT2D eigenvalue weighted by molar-refractivity contribution is -0.172. The van der Waals surface area contributed by atoms with Crippen LogP contribution in [0.3, 0.4) is 0 Å². The van der Waals surface area contributed by atoms with E-state index >= 15 is 0 Å². The van der Waals surface area contributed by atoms with E-state index in [9.17, 15) is 14.7 Å². The van der Waals surface area contributed by atoms with Gasteiger partial charge in [0.15, 0.2) is 5.41 Å². The van der Waals surface area contributed by atoms with Gasteiger partial charge in [-0.3, -0.25) is 9.59 Å². The van der Waals surface area contributed by atoms with Gasteiger partial charge in [-0.2, -0.15) is 0 Å². The van der Waals surface area contributed by atoms with Gasteiger partial charge in [0.25, 0.3) is 0 Å². The van der Waals surface area contributed by atoms with Crippen LogP contribution in [0, 0.1) is 11.3 Å². The normalized spacial score (nSPS) is 22.5. The lowest BCUT2D eigenvalue weighted by Gasteiger charge is -2.35. The van der Waals surface area contributed by atoms with Crippen molar-refractivity contribution in [2.75, 3.05) is 13.2 Å². The van der Waals surface area contributed by atoms with Crippen molar-refractivity contribution in [2.24, 2.45) is 11.3 Å². The minimum Gasteiger partial charge on any atom is -0.465 e. The number of carbonyl (C=O) groups is 2. The zero-order valence-electron chi connectivity index (χ0n) is 16.4. The smallest absolute Gasteiger partial charge is 0.323 e. The minimum atomic E-state index is -1.76. The Morgan fingerprint density at radius 3 is 1.80 bits per heavy atom. The van der Waals surface area contributed by atoms with Crippen LogP contribution in [0.15, 0.2) is 11.8 Å². The van der Waals surface area contributed by atoms with Crippen LogP contribution in [0.4, 0.5) is 0 Å². The van der Waals surface area contributed by atoms with Crippen molar-refractivity contribution in [2.45, 2.75) is 71.7 Å². The number of aliphatic hydroxyl groups is 1. The fraction of sp³-hybridized carbons (Fsp3) is 0.789. The van der Waals surface area contributed by atoms with Gasteiger partial charge in [-0.15, -0.1) is 6.58 Å². The molecule has 1 fully saturated rings. The molecule has 0 heterocycles. The summed E-state index contributed by atoms with van der Waals surface area (Å²) < 4.78 is 10.3. The summed E-state index contributed by atoms with van der Waals surface area (Å²) in [4.78, 5) is 25.2. The Balaban J connectivity index is 3.21. The molecule has 0 aromatic rings. The molecule has 25 heavy (non-hydrogen) atoms. The first kappa shape index (κ1) is 21.9. The molecule has 6 heteroatoms. The summed E-state index contributed by atoms with van der Waals surface area (Å²) in [5.41, 5.74) is -1.41. The van der Waals surface area contributed by atoms with Crippen LogP contribution in [0.5, 0.6) is 0 Å². The van der Waals surface area contributed by atoms with E-state index in [4.69, 9.17) is 9.47 Å². The molecule has 144 valence electrons. The van der Waals surface area contributed by atoms with Gasteiger partial charge in [0.2, 0.25) is 0 Å². The Kier molecular flexibility index (Phi) is 7.87. The van der Waals surface area contributed by atoms with E-state index in [2.05, 4.69) is 27.4 Å². The number of aliphatic hydroxyl groups excluding tert-OH is 1.